The molecule has 7 heteroatoms. The molecule has 0 aromatic rings. The third-order valence-electron chi connectivity index (χ3n) is 1.40. The summed E-state index contributed by atoms with van der Waals surface area (Å²) in [6.07, 6.45) is -0.0565. The Balaban J connectivity index is 3.89. The highest BCUT2D eigenvalue weighted by molar-refractivity contribution is 8.00. The van der Waals surface area contributed by atoms with Crippen LogP contribution < -0.4 is 5.73 Å². The van der Waals surface area contributed by atoms with E-state index in [1.807, 2.05) is 0 Å². The van der Waals surface area contributed by atoms with Gasteiger partial charge in [0, 0.05) is 5.75 Å². The maximum atomic E-state index is 11.8. The molecule has 0 aromatic heterocycles. The van der Waals surface area contributed by atoms with E-state index in [0.717, 1.165) is 0 Å². The SMILES string of the molecule is CC(C)(C)OC(=O)C(N)CCSC(F)(F)F. The normalized spacial score (nSPS) is 14.7. The van der Waals surface area contributed by atoms with E-state index in [0.29, 0.717) is 0 Å². The lowest BCUT2D eigenvalue weighted by molar-refractivity contribution is -0.156. The van der Waals surface area contributed by atoms with Crippen molar-refractivity contribution in [2.75, 3.05) is 5.75 Å². The lowest BCUT2D eigenvalue weighted by atomic mass is 10.2. The zero-order chi connectivity index (χ0) is 13.0. The molecule has 1 unspecified atom stereocenters. The van der Waals surface area contributed by atoms with Crippen molar-refractivity contribution in [3.8, 4) is 0 Å². The Kier molecular flexibility index (Phi) is 5.61. The van der Waals surface area contributed by atoms with Crippen LogP contribution in [0, 0.1) is 0 Å². The molecule has 0 fully saturated rings. The van der Waals surface area contributed by atoms with Gasteiger partial charge >= 0.3 is 11.5 Å². The molecule has 0 bridgehead atoms. The first-order valence-corrected chi connectivity index (χ1v) is 5.69. The number of esters is 1. The lowest BCUT2D eigenvalue weighted by Gasteiger charge is -2.22. The van der Waals surface area contributed by atoms with Gasteiger partial charge in [-0.2, -0.15) is 13.2 Å². The molecule has 16 heavy (non-hydrogen) atoms. The van der Waals surface area contributed by atoms with Gasteiger partial charge in [-0.3, -0.25) is 4.79 Å². The summed E-state index contributed by atoms with van der Waals surface area (Å²) < 4.78 is 40.3. The minimum atomic E-state index is -4.28. The molecule has 0 spiro atoms. The number of hydrogen-bond donors (Lipinski definition) is 1. The van der Waals surface area contributed by atoms with Gasteiger partial charge in [-0.1, -0.05) is 11.8 Å². The second-order valence-electron chi connectivity index (χ2n) is 4.22. The number of halogens is 3. The summed E-state index contributed by atoms with van der Waals surface area (Å²) in [5.74, 6) is -0.917. The number of ether oxygens (including phenoxy) is 1. The number of alkyl halides is 3. The molecule has 1 atom stereocenters. The average molecular weight is 259 g/mol. The summed E-state index contributed by atoms with van der Waals surface area (Å²) in [5.41, 5.74) is 0.440. The average Bonchev–Trinajstić information content (AvgIpc) is 1.98. The third-order valence-corrected chi connectivity index (χ3v) is 2.17. The lowest BCUT2D eigenvalue weighted by Crippen LogP contribution is -2.37. The molecule has 0 saturated heterocycles. The summed E-state index contributed by atoms with van der Waals surface area (Å²) in [6.45, 7) is 5.01. The van der Waals surface area contributed by atoms with Gasteiger partial charge in [-0.05, 0) is 27.2 Å². The minimum absolute atomic E-state index is 0.0565. The van der Waals surface area contributed by atoms with E-state index in [1.54, 1.807) is 20.8 Å². The van der Waals surface area contributed by atoms with Gasteiger partial charge in [-0.15, -0.1) is 0 Å². The Morgan fingerprint density at radius 1 is 1.38 bits per heavy atom. The summed E-state index contributed by atoms with van der Waals surface area (Å²) in [4.78, 5) is 11.3. The molecular weight excluding hydrogens is 243 g/mol. The maximum Gasteiger partial charge on any atom is 0.441 e. The van der Waals surface area contributed by atoms with Crippen molar-refractivity contribution >= 4 is 17.7 Å². The van der Waals surface area contributed by atoms with E-state index in [9.17, 15) is 18.0 Å². The van der Waals surface area contributed by atoms with Crippen LogP contribution in [0.5, 0.6) is 0 Å². The molecule has 0 amide bonds. The van der Waals surface area contributed by atoms with E-state index in [2.05, 4.69) is 0 Å². The molecular formula is C9H16F3NO2S. The van der Waals surface area contributed by atoms with E-state index in [-0.39, 0.29) is 23.9 Å². The van der Waals surface area contributed by atoms with Crippen LogP contribution in [0.3, 0.4) is 0 Å². The van der Waals surface area contributed by atoms with Crippen molar-refractivity contribution in [2.45, 2.75) is 44.3 Å². The molecule has 0 aliphatic rings. The highest BCUT2D eigenvalue weighted by Crippen LogP contribution is 2.30. The predicted molar refractivity (Wildman–Crippen MR) is 57.0 cm³/mol. The highest BCUT2D eigenvalue weighted by Gasteiger charge is 2.29. The van der Waals surface area contributed by atoms with E-state index in [1.165, 1.54) is 0 Å². The number of thioether (sulfide) groups is 1. The van der Waals surface area contributed by atoms with Crippen molar-refractivity contribution < 1.29 is 22.7 Å². The first-order chi connectivity index (χ1) is 7.01. The Labute approximate surface area is 96.9 Å². The molecule has 96 valence electrons. The second kappa shape index (κ2) is 5.77. The summed E-state index contributed by atoms with van der Waals surface area (Å²) in [7, 11) is 0. The molecule has 2 N–H and O–H groups in total. The van der Waals surface area contributed by atoms with Crippen molar-refractivity contribution in [3.05, 3.63) is 0 Å². The summed E-state index contributed by atoms with van der Waals surface area (Å²) in [6, 6.07) is -1.01. The molecule has 0 heterocycles. The number of nitrogens with two attached hydrogens (primary N) is 1. The highest BCUT2D eigenvalue weighted by atomic mass is 32.2. The van der Waals surface area contributed by atoms with Gasteiger partial charge in [0.15, 0.2) is 0 Å². The zero-order valence-corrected chi connectivity index (χ0v) is 10.2. The molecule has 0 aromatic carbocycles. The van der Waals surface area contributed by atoms with Crippen LogP contribution in [-0.2, 0) is 9.53 Å². The summed E-state index contributed by atoms with van der Waals surface area (Å²) >= 11 is -0.190. The van der Waals surface area contributed by atoms with Gasteiger partial charge in [0.05, 0.1) is 0 Å². The number of carbonyl (C=O) groups excluding carboxylic acids is 1. The Morgan fingerprint density at radius 2 is 1.88 bits per heavy atom. The van der Waals surface area contributed by atoms with Gasteiger partial charge in [0.25, 0.3) is 0 Å². The molecule has 0 saturated carbocycles. The number of rotatable bonds is 4. The Bertz CT molecular complexity index is 238. The first-order valence-electron chi connectivity index (χ1n) is 4.70. The fraction of sp³-hybridized carbons (Fsp3) is 0.889. The second-order valence-corrected chi connectivity index (χ2v) is 5.38. The van der Waals surface area contributed by atoms with E-state index >= 15 is 0 Å². The molecule has 3 nitrogen and oxygen atoms in total. The standard InChI is InChI=1S/C9H16F3NO2S/c1-8(2,3)15-7(14)6(13)4-5-16-9(10,11)12/h6H,4-5,13H2,1-3H3. The topological polar surface area (TPSA) is 52.3 Å². The van der Waals surface area contributed by atoms with Crippen LogP contribution in [0.15, 0.2) is 0 Å². The number of hydrogen-bond acceptors (Lipinski definition) is 4. The van der Waals surface area contributed by atoms with E-state index in [4.69, 9.17) is 10.5 Å². The van der Waals surface area contributed by atoms with Crippen molar-refractivity contribution in [1.29, 1.82) is 0 Å². The zero-order valence-electron chi connectivity index (χ0n) is 9.43. The largest absolute Gasteiger partial charge is 0.459 e. The van der Waals surface area contributed by atoms with Crippen LogP contribution in [0.25, 0.3) is 0 Å². The smallest absolute Gasteiger partial charge is 0.441 e. The first kappa shape index (κ1) is 15.6. The molecule has 0 aliphatic carbocycles. The summed E-state index contributed by atoms with van der Waals surface area (Å²) in [5, 5.41) is 0. The van der Waals surface area contributed by atoms with Crippen LogP contribution in [0.2, 0.25) is 0 Å². The fourth-order valence-corrected chi connectivity index (χ4v) is 1.40. The molecule has 0 aliphatic heterocycles. The van der Waals surface area contributed by atoms with Gasteiger partial charge in [0.1, 0.15) is 11.6 Å². The molecule has 0 radical (unpaired) electrons. The van der Waals surface area contributed by atoms with Crippen LogP contribution >= 0.6 is 11.8 Å². The quantitative estimate of drug-likeness (QED) is 0.787. The minimum Gasteiger partial charge on any atom is -0.459 e. The number of carbonyl (C=O) groups is 1. The molecule has 0 rings (SSSR count). The third kappa shape index (κ3) is 8.84. The van der Waals surface area contributed by atoms with Gasteiger partial charge < -0.3 is 10.5 Å². The predicted octanol–water partition coefficient (Wildman–Crippen LogP) is 2.30. The van der Waals surface area contributed by atoms with Crippen molar-refractivity contribution in [1.82, 2.24) is 0 Å². The maximum absolute atomic E-state index is 11.8. The Hall–Kier alpha value is -0.430. The van der Waals surface area contributed by atoms with Crippen LogP contribution in [0.1, 0.15) is 27.2 Å². The Morgan fingerprint density at radius 3 is 2.25 bits per heavy atom. The monoisotopic (exact) mass is 259 g/mol. The van der Waals surface area contributed by atoms with Crippen LogP contribution in [-0.4, -0.2) is 28.9 Å². The van der Waals surface area contributed by atoms with Crippen molar-refractivity contribution in [3.63, 3.8) is 0 Å². The van der Waals surface area contributed by atoms with Gasteiger partial charge in [0.2, 0.25) is 0 Å². The van der Waals surface area contributed by atoms with Gasteiger partial charge in [-0.25, -0.2) is 0 Å². The van der Waals surface area contributed by atoms with Crippen molar-refractivity contribution in [2.24, 2.45) is 5.73 Å². The van der Waals surface area contributed by atoms with Crippen LogP contribution in [0.4, 0.5) is 13.2 Å². The fourth-order valence-electron chi connectivity index (χ4n) is 0.797. The van der Waals surface area contributed by atoms with E-state index < -0.39 is 23.1 Å².